The van der Waals surface area contributed by atoms with Crippen molar-refractivity contribution in [1.29, 1.82) is 0 Å². The van der Waals surface area contributed by atoms with Crippen LogP contribution in [-0.2, 0) is 15.3 Å². The second kappa shape index (κ2) is 10.3. The zero-order valence-corrected chi connectivity index (χ0v) is 13.2. The molecule has 5 heteroatoms. The largest absolute Gasteiger partial charge is 0.481 e. The Labute approximate surface area is 130 Å². The lowest BCUT2D eigenvalue weighted by Gasteiger charge is -2.10. The first kappa shape index (κ1) is 17.6. The molecule has 1 unspecified atom stereocenters. The highest BCUT2D eigenvalue weighted by molar-refractivity contribution is 7.99. The van der Waals surface area contributed by atoms with Crippen LogP contribution in [-0.4, -0.2) is 29.3 Å². The molecule has 0 radical (unpaired) electrons. The highest BCUT2D eigenvalue weighted by Gasteiger charge is 2.07. The molecule has 0 heterocycles. The number of carboxylic acids is 1. The van der Waals surface area contributed by atoms with Crippen LogP contribution >= 0.6 is 11.8 Å². The second-order valence-corrected chi connectivity index (χ2v) is 6.14. The molecule has 0 aliphatic carbocycles. The van der Waals surface area contributed by atoms with E-state index in [0.29, 0.717) is 24.6 Å². The van der Waals surface area contributed by atoms with Crippen LogP contribution in [0.25, 0.3) is 0 Å². The Balaban J connectivity index is 2.05. The highest BCUT2D eigenvalue weighted by Crippen LogP contribution is 2.11. The maximum absolute atomic E-state index is 11.7. The van der Waals surface area contributed by atoms with Crippen LogP contribution in [0.15, 0.2) is 30.3 Å². The molecule has 4 nitrogen and oxygen atoms in total. The van der Waals surface area contributed by atoms with Crippen molar-refractivity contribution >= 4 is 23.6 Å². The molecule has 0 saturated carbocycles. The quantitative estimate of drug-likeness (QED) is 0.697. The Hall–Kier alpha value is -1.49. The number of carboxylic acid groups (broad SMARTS) is 1. The first-order chi connectivity index (χ1) is 10.1. The Kier molecular flexibility index (Phi) is 8.59. The number of amides is 1. The Morgan fingerprint density at radius 3 is 2.62 bits per heavy atom. The van der Waals surface area contributed by atoms with Crippen LogP contribution in [0.5, 0.6) is 0 Å². The third-order valence-corrected chi connectivity index (χ3v) is 4.16. The third kappa shape index (κ3) is 9.13. The predicted octanol–water partition coefficient (Wildman–Crippen LogP) is 2.93. The summed E-state index contributed by atoms with van der Waals surface area (Å²) in [7, 11) is 0. The van der Waals surface area contributed by atoms with Crippen LogP contribution in [0.4, 0.5) is 0 Å². The number of thioether (sulfide) groups is 1. The molecule has 116 valence electrons. The lowest BCUT2D eigenvalue weighted by molar-refractivity contribution is -0.137. The van der Waals surface area contributed by atoms with Gasteiger partial charge in [-0.05, 0) is 24.3 Å². The van der Waals surface area contributed by atoms with Gasteiger partial charge in [0.25, 0.3) is 0 Å². The molecule has 1 aromatic carbocycles. The standard InChI is InChI=1S/C16H23NO3S/c1-13(7-8-16(19)20)9-10-17-15(18)12-21-11-14-5-3-2-4-6-14/h2-6,13H,7-12H2,1H3,(H,17,18)(H,19,20). The molecule has 1 amide bonds. The molecular formula is C16H23NO3S. The van der Waals surface area contributed by atoms with Crippen molar-refractivity contribution in [3.8, 4) is 0 Å². The monoisotopic (exact) mass is 309 g/mol. The van der Waals surface area contributed by atoms with E-state index in [1.54, 1.807) is 11.8 Å². The summed E-state index contributed by atoms with van der Waals surface area (Å²) < 4.78 is 0. The smallest absolute Gasteiger partial charge is 0.303 e. The molecule has 1 rings (SSSR count). The van der Waals surface area contributed by atoms with Gasteiger partial charge in [-0.1, -0.05) is 37.3 Å². The summed E-state index contributed by atoms with van der Waals surface area (Å²) in [4.78, 5) is 22.1. The number of aliphatic carboxylic acids is 1. The van der Waals surface area contributed by atoms with Gasteiger partial charge in [0.1, 0.15) is 0 Å². The molecule has 2 N–H and O–H groups in total. The molecule has 1 atom stereocenters. The second-order valence-electron chi connectivity index (χ2n) is 5.15. The van der Waals surface area contributed by atoms with E-state index in [-0.39, 0.29) is 12.3 Å². The van der Waals surface area contributed by atoms with E-state index in [1.165, 1.54) is 5.56 Å². The van der Waals surface area contributed by atoms with Crippen LogP contribution in [0.3, 0.4) is 0 Å². The fourth-order valence-corrected chi connectivity index (χ4v) is 2.68. The van der Waals surface area contributed by atoms with Gasteiger partial charge in [-0.3, -0.25) is 9.59 Å². The van der Waals surface area contributed by atoms with Crippen molar-refractivity contribution in [2.24, 2.45) is 5.92 Å². The molecular weight excluding hydrogens is 286 g/mol. The zero-order valence-electron chi connectivity index (χ0n) is 12.4. The summed E-state index contributed by atoms with van der Waals surface area (Å²) in [6.07, 6.45) is 1.68. The van der Waals surface area contributed by atoms with Gasteiger partial charge in [0, 0.05) is 18.7 Å². The van der Waals surface area contributed by atoms with Crippen molar-refractivity contribution in [3.05, 3.63) is 35.9 Å². The summed E-state index contributed by atoms with van der Waals surface area (Å²) in [6, 6.07) is 10.1. The van der Waals surface area contributed by atoms with Gasteiger partial charge < -0.3 is 10.4 Å². The van der Waals surface area contributed by atoms with Crippen LogP contribution in [0.2, 0.25) is 0 Å². The molecule has 0 fully saturated rings. The number of hydrogen-bond donors (Lipinski definition) is 2. The zero-order chi connectivity index (χ0) is 15.5. The van der Waals surface area contributed by atoms with Gasteiger partial charge in [0.15, 0.2) is 0 Å². The fraction of sp³-hybridized carbons (Fsp3) is 0.500. The average Bonchev–Trinajstić information content (AvgIpc) is 2.46. The minimum atomic E-state index is -0.761. The SMILES string of the molecule is CC(CCNC(=O)CSCc1ccccc1)CCC(=O)O. The van der Waals surface area contributed by atoms with Crippen molar-refractivity contribution in [1.82, 2.24) is 5.32 Å². The number of nitrogens with one attached hydrogen (secondary N) is 1. The first-order valence-corrected chi connectivity index (χ1v) is 8.33. The number of benzene rings is 1. The Morgan fingerprint density at radius 1 is 1.24 bits per heavy atom. The molecule has 0 saturated heterocycles. The van der Waals surface area contributed by atoms with E-state index < -0.39 is 5.97 Å². The van der Waals surface area contributed by atoms with Crippen molar-refractivity contribution < 1.29 is 14.7 Å². The lowest BCUT2D eigenvalue weighted by Crippen LogP contribution is -2.27. The number of carbonyl (C=O) groups excluding carboxylic acids is 1. The molecule has 0 aromatic heterocycles. The molecule has 0 spiro atoms. The van der Waals surface area contributed by atoms with Crippen LogP contribution in [0.1, 0.15) is 31.7 Å². The molecule has 0 bridgehead atoms. The molecule has 1 aromatic rings. The number of hydrogen-bond acceptors (Lipinski definition) is 3. The van der Waals surface area contributed by atoms with Gasteiger partial charge in [-0.25, -0.2) is 0 Å². The fourth-order valence-electron chi connectivity index (χ4n) is 1.86. The van der Waals surface area contributed by atoms with Crippen molar-refractivity contribution in [2.75, 3.05) is 12.3 Å². The maximum Gasteiger partial charge on any atom is 0.303 e. The van der Waals surface area contributed by atoms with Crippen molar-refractivity contribution in [2.45, 2.75) is 31.9 Å². The summed E-state index contributed by atoms with van der Waals surface area (Å²) in [6.45, 7) is 2.63. The Bertz CT molecular complexity index is 436. The molecule has 0 aliphatic heterocycles. The molecule has 0 aliphatic rings. The van der Waals surface area contributed by atoms with E-state index in [2.05, 4.69) is 17.4 Å². The molecule has 21 heavy (non-hydrogen) atoms. The van der Waals surface area contributed by atoms with Crippen LogP contribution < -0.4 is 5.32 Å². The summed E-state index contributed by atoms with van der Waals surface area (Å²) in [5.41, 5.74) is 1.22. The average molecular weight is 309 g/mol. The van der Waals surface area contributed by atoms with E-state index in [1.807, 2.05) is 25.1 Å². The minimum absolute atomic E-state index is 0.0429. The van der Waals surface area contributed by atoms with E-state index in [4.69, 9.17) is 5.11 Å². The lowest BCUT2D eigenvalue weighted by atomic mass is 10.0. The van der Waals surface area contributed by atoms with Gasteiger partial charge >= 0.3 is 5.97 Å². The van der Waals surface area contributed by atoms with E-state index in [0.717, 1.165) is 12.2 Å². The van der Waals surface area contributed by atoms with Crippen LogP contribution in [0, 0.1) is 5.92 Å². The predicted molar refractivity (Wildman–Crippen MR) is 86.3 cm³/mol. The number of rotatable bonds is 10. The summed E-state index contributed by atoms with van der Waals surface area (Å²) >= 11 is 1.60. The minimum Gasteiger partial charge on any atom is -0.481 e. The van der Waals surface area contributed by atoms with E-state index in [9.17, 15) is 9.59 Å². The highest BCUT2D eigenvalue weighted by atomic mass is 32.2. The normalized spacial score (nSPS) is 11.9. The van der Waals surface area contributed by atoms with Gasteiger partial charge in [-0.15, -0.1) is 11.8 Å². The van der Waals surface area contributed by atoms with Crippen molar-refractivity contribution in [3.63, 3.8) is 0 Å². The summed E-state index contributed by atoms with van der Waals surface area (Å²) in [5, 5.41) is 11.5. The number of carbonyl (C=O) groups is 2. The topological polar surface area (TPSA) is 66.4 Å². The third-order valence-electron chi connectivity index (χ3n) is 3.16. The van der Waals surface area contributed by atoms with Gasteiger partial charge in [0.2, 0.25) is 5.91 Å². The maximum atomic E-state index is 11.7. The first-order valence-electron chi connectivity index (χ1n) is 7.18. The Morgan fingerprint density at radius 2 is 1.95 bits per heavy atom. The van der Waals surface area contributed by atoms with Gasteiger partial charge in [-0.2, -0.15) is 0 Å². The van der Waals surface area contributed by atoms with Gasteiger partial charge in [0.05, 0.1) is 5.75 Å². The summed E-state index contributed by atoms with van der Waals surface area (Å²) in [5.74, 6) is 0.893. The van der Waals surface area contributed by atoms with E-state index >= 15 is 0 Å².